The Morgan fingerprint density at radius 1 is 0.970 bits per heavy atom. The van der Waals surface area contributed by atoms with Crippen LogP contribution in [0.2, 0.25) is 10.0 Å². The molecule has 0 unspecified atom stereocenters. The predicted octanol–water partition coefficient (Wildman–Crippen LogP) is 3.89. The second kappa shape index (κ2) is 10.1. The maximum Gasteiger partial charge on any atom is 0.226 e. The molecule has 0 saturated carbocycles. The van der Waals surface area contributed by atoms with Gasteiger partial charge in [0.1, 0.15) is 5.82 Å². The van der Waals surface area contributed by atoms with E-state index in [0.717, 1.165) is 5.69 Å². The van der Waals surface area contributed by atoms with Gasteiger partial charge >= 0.3 is 0 Å². The molecule has 10 heteroatoms. The number of nitrogens with one attached hydrogen (secondary N) is 1. The van der Waals surface area contributed by atoms with Crippen molar-refractivity contribution in [2.75, 3.05) is 31.5 Å². The van der Waals surface area contributed by atoms with Crippen LogP contribution in [0.4, 0.5) is 5.82 Å². The summed E-state index contributed by atoms with van der Waals surface area (Å²) < 4.78 is 1.61. The van der Waals surface area contributed by atoms with E-state index in [9.17, 15) is 14.4 Å². The summed E-state index contributed by atoms with van der Waals surface area (Å²) in [7, 11) is 0. The molecule has 0 atom stereocenters. The summed E-state index contributed by atoms with van der Waals surface area (Å²) in [6.07, 6.45) is 0.141. The van der Waals surface area contributed by atoms with Crippen LogP contribution in [0, 0.1) is 0 Å². The lowest BCUT2D eigenvalue weighted by molar-refractivity contribution is -0.138. The summed E-state index contributed by atoms with van der Waals surface area (Å²) in [5.41, 5.74) is 1.22. The summed E-state index contributed by atoms with van der Waals surface area (Å²) in [6, 6.07) is 6.95. The zero-order valence-electron chi connectivity index (χ0n) is 19.3. The van der Waals surface area contributed by atoms with Crippen LogP contribution < -0.4 is 5.32 Å². The number of halogens is 2. The number of carbonyl (C=O) groups is 3. The third-order valence-corrected chi connectivity index (χ3v) is 6.28. The van der Waals surface area contributed by atoms with Crippen molar-refractivity contribution in [3.63, 3.8) is 0 Å². The fourth-order valence-corrected chi connectivity index (χ4v) is 3.80. The minimum atomic E-state index is -0.285. The number of nitrogens with zero attached hydrogens (tertiary/aromatic N) is 4. The Bertz CT molecular complexity index is 1050. The van der Waals surface area contributed by atoms with Crippen molar-refractivity contribution in [2.45, 2.75) is 46.0 Å². The van der Waals surface area contributed by atoms with Crippen LogP contribution in [-0.2, 0) is 19.8 Å². The highest BCUT2D eigenvalue weighted by Crippen LogP contribution is 2.29. The van der Waals surface area contributed by atoms with Gasteiger partial charge in [0, 0.05) is 57.4 Å². The molecule has 1 aromatic carbocycles. The fraction of sp³-hybridized carbons (Fsp3) is 0.478. The first kappa shape index (κ1) is 25.1. The molecule has 1 aliphatic rings. The maximum atomic E-state index is 12.7. The van der Waals surface area contributed by atoms with Crippen LogP contribution >= 0.6 is 23.2 Å². The zero-order chi connectivity index (χ0) is 24.3. The Morgan fingerprint density at radius 2 is 1.61 bits per heavy atom. The average Bonchev–Trinajstić information content (AvgIpc) is 3.18. The largest absolute Gasteiger partial charge is 0.339 e. The first-order valence-electron chi connectivity index (χ1n) is 10.8. The lowest BCUT2D eigenvalue weighted by Crippen LogP contribution is -2.50. The number of rotatable bonds is 5. The van der Waals surface area contributed by atoms with Gasteiger partial charge in [0.25, 0.3) is 0 Å². The highest BCUT2D eigenvalue weighted by atomic mass is 35.5. The SMILES string of the molecule is CC(=O)N1CCN(C(=O)CCC(=O)Nc2cc(C(C)(C)C)nn2-c2ccc(Cl)c(Cl)c2)CC1. The van der Waals surface area contributed by atoms with Crippen molar-refractivity contribution in [2.24, 2.45) is 0 Å². The number of carbonyl (C=O) groups excluding carboxylic acids is 3. The molecule has 1 N–H and O–H groups in total. The van der Waals surface area contributed by atoms with Crippen molar-refractivity contribution in [3.05, 3.63) is 40.0 Å². The Balaban J connectivity index is 1.67. The van der Waals surface area contributed by atoms with Crippen LogP contribution in [0.25, 0.3) is 5.69 Å². The topological polar surface area (TPSA) is 87.5 Å². The van der Waals surface area contributed by atoms with Crippen LogP contribution in [-0.4, -0.2) is 63.5 Å². The Morgan fingerprint density at radius 3 is 2.18 bits per heavy atom. The van der Waals surface area contributed by atoms with Crippen LogP contribution in [0.1, 0.15) is 46.2 Å². The highest BCUT2D eigenvalue weighted by Gasteiger charge is 2.24. The van der Waals surface area contributed by atoms with Crippen LogP contribution in [0.15, 0.2) is 24.3 Å². The van der Waals surface area contributed by atoms with E-state index < -0.39 is 0 Å². The summed E-state index contributed by atoms with van der Waals surface area (Å²) in [5, 5.41) is 8.35. The van der Waals surface area contributed by atoms with Gasteiger partial charge in [-0.25, -0.2) is 4.68 Å². The van der Waals surface area contributed by atoms with Gasteiger partial charge in [-0.3, -0.25) is 14.4 Å². The van der Waals surface area contributed by atoms with E-state index in [2.05, 4.69) is 10.4 Å². The van der Waals surface area contributed by atoms with Gasteiger partial charge in [0.15, 0.2) is 0 Å². The van der Waals surface area contributed by atoms with Crippen LogP contribution in [0.5, 0.6) is 0 Å². The van der Waals surface area contributed by atoms with Gasteiger partial charge < -0.3 is 15.1 Å². The van der Waals surface area contributed by atoms with Gasteiger partial charge in [-0.1, -0.05) is 44.0 Å². The summed E-state index contributed by atoms with van der Waals surface area (Å²) in [6.45, 7) is 9.63. The van der Waals surface area contributed by atoms with E-state index in [4.69, 9.17) is 23.2 Å². The lowest BCUT2D eigenvalue weighted by atomic mass is 9.92. The van der Waals surface area contributed by atoms with Gasteiger partial charge in [-0.2, -0.15) is 5.10 Å². The fourth-order valence-electron chi connectivity index (χ4n) is 3.50. The third-order valence-electron chi connectivity index (χ3n) is 5.54. The van der Waals surface area contributed by atoms with Gasteiger partial charge in [0.05, 0.1) is 21.4 Å². The number of benzene rings is 1. The van der Waals surface area contributed by atoms with E-state index in [1.54, 1.807) is 32.7 Å². The molecule has 1 fully saturated rings. The van der Waals surface area contributed by atoms with Gasteiger partial charge in [0.2, 0.25) is 17.7 Å². The second-order valence-electron chi connectivity index (χ2n) is 9.11. The summed E-state index contributed by atoms with van der Waals surface area (Å²) in [5.74, 6) is 0.120. The normalized spacial score (nSPS) is 14.4. The predicted molar refractivity (Wildman–Crippen MR) is 129 cm³/mol. The zero-order valence-corrected chi connectivity index (χ0v) is 20.8. The molecule has 2 heterocycles. The van der Waals surface area contributed by atoms with E-state index in [1.165, 1.54) is 6.92 Å². The number of anilines is 1. The van der Waals surface area contributed by atoms with E-state index >= 15 is 0 Å². The Labute approximate surface area is 203 Å². The molecular formula is C23H29Cl2N5O3. The Hall–Kier alpha value is -2.58. The van der Waals surface area contributed by atoms with Crippen molar-refractivity contribution in [1.29, 1.82) is 0 Å². The van der Waals surface area contributed by atoms with Crippen LogP contribution in [0.3, 0.4) is 0 Å². The smallest absolute Gasteiger partial charge is 0.226 e. The molecule has 2 aromatic rings. The molecular weight excluding hydrogens is 465 g/mol. The summed E-state index contributed by atoms with van der Waals surface area (Å²) in [4.78, 5) is 40.1. The molecule has 1 aromatic heterocycles. The average molecular weight is 494 g/mol. The molecule has 1 aliphatic heterocycles. The molecule has 178 valence electrons. The maximum absolute atomic E-state index is 12.7. The van der Waals surface area contributed by atoms with E-state index in [0.29, 0.717) is 47.7 Å². The highest BCUT2D eigenvalue weighted by molar-refractivity contribution is 6.42. The van der Waals surface area contributed by atoms with Crippen molar-refractivity contribution in [1.82, 2.24) is 19.6 Å². The number of hydrogen-bond donors (Lipinski definition) is 1. The second-order valence-corrected chi connectivity index (χ2v) is 9.92. The van der Waals surface area contributed by atoms with Crippen molar-refractivity contribution >= 4 is 46.7 Å². The third kappa shape index (κ3) is 6.26. The molecule has 8 nitrogen and oxygen atoms in total. The Kier molecular flexibility index (Phi) is 7.69. The molecule has 0 spiro atoms. The van der Waals surface area contributed by atoms with Gasteiger partial charge in [-0.05, 0) is 18.2 Å². The molecule has 3 amide bonds. The van der Waals surface area contributed by atoms with Crippen molar-refractivity contribution < 1.29 is 14.4 Å². The number of piperazine rings is 1. The van der Waals surface area contributed by atoms with Crippen molar-refractivity contribution in [3.8, 4) is 5.69 Å². The van der Waals surface area contributed by atoms with E-state index in [-0.39, 0.29) is 36.0 Å². The molecule has 0 aliphatic carbocycles. The standard InChI is InChI=1S/C23H29Cl2N5O3/c1-15(31)28-9-11-29(12-10-28)22(33)8-7-21(32)26-20-14-19(23(2,3)4)27-30(20)16-5-6-17(24)18(25)13-16/h5-6,13-14H,7-12H2,1-4H3,(H,26,32). The first-order chi connectivity index (χ1) is 15.5. The summed E-state index contributed by atoms with van der Waals surface area (Å²) >= 11 is 12.2. The monoisotopic (exact) mass is 493 g/mol. The number of aromatic nitrogens is 2. The quantitative estimate of drug-likeness (QED) is 0.684. The number of amides is 3. The first-order valence-corrected chi connectivity index (χ1v) is 11.6. The van der Waals surface area contributed by atoms with Gasteiger partial charge in [-0.15, -0.1) is 0 Å². The molecule has 0 bridgehead atoms. The minimum absolute atomic E-state index is 0.00897. The minimum Gasteiger partial charge on any atom is -0.339 e. The molecule has 1 saturated heterocycles. The lowest BCUT2D eigenvalue weighted by Gasteiger charge is -2.34. The molecule has 33 heavy (non-hydrogen) atoms. The number of hydrogen-bond acceptors (Lipinski definition) is 4. The molecule has 0 radical (unpaired) electrons. The van der Waals surface area contributed by atoms with E-state index in [1.807, 2.05) is 26.8 Å². The molecule has 3 rings (SSSR count).